The fourth-order valence-electron chi connectivity index (χ4n) is 5.94. The number of alkyl halides is 3. The molecular formula is C30H21F6N3O3S. The Morgan fingerprint density at radius 2 is 1.72 bits per heavy atom. The molecular weight excluding hydrogens is 596 g/mol. The molecule has 2 atom stereocenters. The zero-order chi connectivity index (χ0) is 30.7. The maximum atomic E-state index is 14.2. The second-order valence-corrected chi connectivity index (χ2v) is 12.8. The van der Waals surface area contributed by atoms with Gasteiger partial charge in [-0.15, -0.1) is 0 Å². The molecule has 0 N–H and O–H groups in total. The van der Waals surface area contributed by atoms with Crippen LogP contribution in [-0.2, 0) is 22.4 Å². The molecule has 0 radical (unpaired) electrons. The monoisotopic (exact) mass is 617 g/mol. The zero-order valence-electron chi connectivity index (χ0n) is 22.1. The molecule has 0 saturated heterocycles. The summed E-state index contributed by atoms with van der Waals surface area (Å²) in [5, 5.41) is 3.14. The van der Waals surface area contributed by atoms with Crippen LogP contribution in [0.1, 0.15) is 46.6 Å². The lowest BCUT2D eigenvalue weighted by Crippen LogP contribution is -2.46. The van der Waals surface area contributed by atoms with Crippen molar-refractivity contribution in [1.82, 2.24) is 14.8 Å². The van der Waals surface area contributed by atoms with E-state index < -0.39 is 66.1 Å². The SMILES string of the molecule is O=C(c1cc(C(F)(F)F)ccn1)[C@]12Cc3cnn(-c4ccc(F)cc4)c3C=C1CC[C@@H](S(=O)(=O)c1ccc(F)c(F)c1)C2. The molecule has 0 amide bonds. The first-order chi connectivity index (χ1) is 20.3. The van der Waals surface area contributed by atoms with Crippen LogP contribution in [0.25, 0.3) is 11.8 Å². The number of sulfone groups is 1. The van der Waals surface area contributed by atoms with E-state index in [0.29, 0.717) is 40.7 Å². The van der Waals surface area contributed by atoms with Gasteiger partial charge in [-0.3, -0.25) is 9.78 Å². The van der Waals surface area contributed by atoms with Gasteiger partial charge in [0.05, 0.1) is 38.7 Å². The molecule has 2 aliphatic carbocycles. The minimum absolute atomic E-state index is 0.0121. The molecule has 1 fully saturated rings. The lowest BCUT2D eigenvalue weighted by atomic mass is 9.61. The van der Waals surface area contributed by atoms with Gasteiger partial charge < -0.3 is 0 Å². The number of carbonyl (C=O) groups is 1. The Hall–Kier alpha value is -4.26. The largest absolute Gasteiger partial charge is 0.416 e. The van der Waals surface area contributed by atoms with E-state index in [4.69, 9.17) is 0 Å². The van der Waals surface area contributed by atoms with E-state index in [1.807, 2.05) is 0 Å². The Labute approximate surface area is 241 Å². The highest BCUT2D eigenvalue weighted by Gasteiger charge is 2.52. The number of carbonyl (C=O) groups excluding carboxylic acids is 1. The molecule has 2 heterocycles. The Morgan fingerprint density at radius 1 is 0.977 bits per heavy atom. The molecule has 43 heavy (non-hydrogen) atoms. The Bertz CT molecular complexity index is 1900. The van der Waals surface area contributed by atoms with Crippen molar-refractivity contribution in [3.05, 3.63) is 113 Å². The predicted molar refractivity (Wildman–Crippen MR) is 142 cm³/mol. The van der Waals surface area contributed by atoms with E-state index in [0.717, 1.165) is 18.3 Å². The summed E-state index contributed by atoms with van der Waals surface area (Å²) in [5.74, 6) is -3.84. The van der Waals surface area contributed by atoms with Crippen molar-refractivity contribution in [2.45, 2.75) is 42.0 Å². The van der Waals surface area contributed by atoms with Gasteiger partial charge in [-0.2, -0.15) is 18.3 Å². The molecule has 0 spiro atoms. The highest BCUT2D eigenvalue weighted by atomic mass is 32.2. The second kappa shape index (κ2) is 10.2. The highest BCUT2D eigenvalue weighted by Crippen LogP contribution is 2.52. The van der Waals surface area contributed by atoms with Crippen LogP contribution in [0.2, 0.25) is 0 Å². The molecule has 2 aromatic carbocycles. The standard InChI is InChI=1S/C30H21F6N3O3S/c31-20-2-4-21(5-3-20)39-27-12-18-1-6-23(43(41,42)22-7-8-24(32)25(33)13-22)15-29(18,14-17(27)16-38-39)28(40)26-11-19(9-10-37-26)30(34,35)36/h2-5,7-13,16,23H,1,6,14-15H2/t23-,29+/m1/s1. The summed E-state index contributed by atoms with van der Waals surface area (Å²) < 4.78 is 111. The van der Waals surface area contributed by atoms with Crippen molar-refractivity contribution in [2.75, 3.05) is 0 Å². The lowest BCUT2D eigenvalue weighted by molar-refractivity contribution is -0.137. The third-order valence-corrected chi connectivity index (χ3v) is 10.3. The number of rotatable bonds is 5. The maximum Gasteiger partial charge on any atom is 0.416 e. The van der Waals surface area contributed by atoms with Crippen LogP contribution in [0, 0.1) is 22.9 Å². The Morgan fingerprint density at radius 3 is 2.42 bits per heavy atom. The number of fused-ring (bicyclic) bond motifs is 2. The molecule has 0 unspecified atom stereocenters. The van der Waals surface area contributed by atoms with Crippen LogP contribution in [-0.4, -0.2) is 34.2 Å². The van der Waals surface area contributed by atoms with Crippen LogP contribution in [0.4, 0.5) is 26.3 Å². The van der Waals surface area contributed by atoms with E-state index >= 15 is 0 Å². The van der Waals surface area contributed by atoms with E-state index in [-0.39, 0.29) is 25.7 Å². The number of pyridine rings is 1. The number of hydrogen-bond donors (Lipinski definition) is 0. The minimum atomic E-state index is -4.75. The smallest absolute Gasteiger partial charge is 0.291 e. The van der Waals surface area contributed by atoms with Gasteiger partial charge in [0.15, 0.2) is 27.3 Å². The van der Waals surface area contributed by atoms with Gasteiger partial charge in [0, 0.05) is 6.20 Å². The molecule has 222 valence electrons. The van der Waals surface area contributed by atoms with Gasteiger partial charge in [0.1, 0.15) is 11.5 Å². The van der Waals surface area contributed by atoms with Crippen LogP contribution in [0.5, 0.6) is 0 Å². The fraction of sp³-hybridized carbons (Fsp3) is 0.233. The average Bonchev–Trinajstić information content (AvgIpc) is 3.38. The number of benzene rings is 2. The number of ketones is 1. The van der Waals surface area contributed by atoms with Crippen LogP contribution in [0.15, 0.2) is 77.5 Å². The van der Waals surface area contributed by atoms with E-state index in [1.165, 1.54) is 35.1 Å². The molecule has 0 aliphatic heterocycles. The lowest BCUT2D eigenvalue weighted by Gasteiger charge is -2.43. The van der Waals surface area contributed by atoms with Gasteiger partial charge in [-0.25, -0.2) is 26.3 Å². The third-order valence-electron chi connectivity index (χ3n) is 8.10. The van der Waals surface area contributed by atoms with E-state index in [1.54, 1.807) is 6.08 Å². The second-order valence-electron chi connectivity index (χ2n) is 10.6. The molecule has 2 aliphatic rings. The summed E-state index contributed by atoms with van der Waals surface area (Å²) in [7, 11) is -4.30. The van der Waals surface area contributed by atoms with E-state index in [9.17, 15) is 39.6 Å². The van der Waals surface area contributed by atoms with Crippen molar-refractivity contribution in [3.63, 3.8) is 0 Å². The van der Waals surface area contributed by atoms with Crippen molar-refractivity contribution < 1.29 is 39.6 Å². The zero-order valence-corrected chi connectivity index (χ0v) is 22.9. The summed E-state index contributed by atoms with van der Waals surface area (Å²) in [4.78, 5) is 17.7. The summed E-state index contributed by atoms with van der Waals surface area (Å²) in [6.07, 6.45) is -1.11. The number of aromatic nitrogens is 3. The number of Topliss-reactive ketones (excluding diaryl/α,β-unsaturated/α-hetero) is 1. The van der Waals surface area contributed by atoms with Gasteiger partial charge >= 0.3 is 6.18 Å². The Balaban J connectivity index is 1.47. The van der Waals surface area contributed by atoms with Gasteiger partial charge in [-0.1, -0.05) is 5.57 Å². The fourth-order valence-corrected chi connectivity index (χ4v) is 7.78. The first kappa shape index (κ1) is 28.8. The van der Waals surface area contributed by atoms with Crippen LogP contribution >= 0.6 is 0 Å². The summed E-state index contributed by atoms with van der Waals surface area (Å²) in [6, 6.07) is 9.09. The summed E-state index contributed by atoms with van der Waals surface area (Å²) >= 11 is 0. The topological polar surface area (TPSA) is 81.9 Å². The first-order valence-corrected chi connectivity index (χ1v) is 14.7. The normalized spacial score (nSPS) is 20.2. The summed E-state index contributed by atoms with van der Waals surface area (Å²) in [5.41, 5.74) is -1.12. The number of halogens is 6. The molecule has 13 heteroatoms. The van der Waals surface area contributed by atoms with E-state index in [2.05, 4.69) is 10.1 Å². The van der Waals surface area contributed by atoms with Gasteiger partial charge in [0.2, 0.25) is 0 Å². The average molecular weight is 618 g/mol. The number of allylic oxidation sites excluding steroid dienone is 1. The molecule has 2 aromatic heterocycles. The number of nitrogens with zero attached hydrogens (tertiary/aromatic N) is 3. The molecule has 6 nitrogen and oxygen atoms in total. The first-order valence-electron chi connectivity index (χ1n) is 13.1. The van der Waals surface area contributed by atoms with Crippen LogP contribution < -0.4 is 0 Å². The Kier molecular flexibility index (Phi) is 6.83. The number of hydrogen-bond acceptors (Lipinski definition) is 5. The van der Waals surface area contributed by atoms with Crippen molar-refractivity contribution in [3.8, 4) is 5.69 Å². The molecule has 6 rings (SSSR count). The minimum Gasteiger partial charge on any atom is -0.291 e. The van der Waals surface area contributed by atoms with Crippen molar-refractivity contribution in [1.29, 1.82) is 0 Å². The molecule has 1 saturated carbocycles. The van der Waals surface area contributed by atoms with Crippen molar-refractivity contribution in [2.24, 2.45) is 5.41 Å². The maximum absolute atomic E-state index is 14.2. The van der Waals surface area contributed by atoms with Crippen LogP contribution in [0.3, 0.4) is 0 Å². The predicted octanol–water partition coefficient (Wildman–Crippen LogP) is 6.54. The van der Waals surface area contributed by atoms with Crippen molar-refractivity contribution >= 4 is 21.7 Å². The quantitative estimate of drug-likeness (QED) is 0.144. The summed E-state index contributed by atoms with van der Waals surface area (Å²) in [6.45, 7) is 0. The van der Waals surface area contributed by atoms with Gasteiger partial charge in [0.25, 0.3) is 0 Å². The van der Waals surface area contributed by atoms with Gasteiger partial charge in [-0.05, 0) is 91.9 Å². The molecule has 0 bridgehead atoms. The highest BCUT2D eigenvalue weighted by molar-refractivity contribution is 7.92. The third kappa shape index (κ3) is 4.94. The molecule has 4 aromatic rings.